The van der Waals surface area contributed by atoms with Crippen LogP contribution in [0.4, 0.5) is 0 Å². The standard InChI is InChI=1S/C14H14NO/c1-15-9-7-12(8-10-15)11-14(16)13-5-3-2-4-6-13/h2-10H,11H2,1H3/q+1. The van der Waals surface area contributed by atoms with E-state index in [1.807, 2.05) is 66.5 Å². The number of hydrogen-bond donors (Lipinski definition) is 0. The molecule has 2 heteroatoms. The van der Waals surface area contributed by atoms with Crippen LogP contribution in [0.25, 0.3) is 0 Å². The lowest BCUT2D eigenvalue weighted by Crippen LogP contribution is -2.26. The first-order valence-corrected chi connectivity index (χ1v) is 5.28. The van der Waals surface area contributed by atoms with Crippen LogP contribution >= 0.6 is 0 Å². The van der Waals surface area contributed by atoms with Crippen LogP contribution < -0.4 is 4.57 Å². The SMILES string of the molecule is C[n+]1ccc(CC(=O)c2ccccc2)cc1. The fraction of sp³-hybridized carbons (Fsp3) is 0.143. The first-order chi connectivity index (χ1) is 7.75. The average molecular weight is 212 g/mol. The summed E-state index contributed by atoms with van der Waals surface area (Å²) in [5.41, 5.74) is 1.82. The van der Waals surface area contributed by atoms with E-state index in [2.05, 4.69) is 0 Å². The van der Waals surface area contributed by atoms with Gasteiger partial charge in [0.25, 0.3) is 0 Å². The molecule has 0 saturated heterocycles. The molecule has 1 aromatic carbocycles. The summed E-state index contributed by atoms with van der Waals surface area (Å²) >= 11 is 0. The van der Waals surface area contributed by atoms with Crippen molar-refractivity contribution in [3.63, 3.8) is 0 Å². The minimum absolute atomic E-state index is 0.162. The Labute approximate surface area is 95.2 Å². The van der Waals surface area contributed by atoms with Gasteiger partial charge in [-0.15, -0.1) is 0 Å². The Hall–Kier alpha value is -1.96. The number of carbonyl (C=O) groups excluding carboxylic acids is 1. The number of carbonyl (C=O) groups is 1. The second-order valence-electron chi connectivity index (χ2n) is 3.84. The highest BCUT2D eigenvalue weighted by molar-refractivity contribution is 5.97. The number of nitrogens with zero attached hydrogens (tertiary/aromatic N) is 1. The average Bonchev–Trinajstić information content (AvgIpc) is 2.33. The van der Waals surface area contributed by atoms with E-state index in [4.69, 9.17) is 0 Å². The summed E-state index contributed by atoms with van der Waals surface area (Å²) in [6, 6.07) is 13.3. The van der Waals surface area contributed by atoms with Gasteiger partial charge < -0.3 is 0 Å². The molecule has 0 fully saturated rings. The Morgan fingerprint density at radius 1 is 1.06 bits per heavy atom. The molecule has 80 valence electrons. The summed E-state index contributed by atoms with van der Waals surface area (Å²) in [4.78, 5) is 11.9. The molecule has 0 aliphatic carbocycles. The molecule has 0 N–H and O–H groups in total. The number of pyridine rings is 1. The predicted octanol–water partition coefficient (Wildman–Crippen LogP) is 1.94. The van der Waals surface area contributed by atoms with Crippen LogP contribution in [0.5, 0.6) is 0 Å². The van der Waals surface area contributed by atoms with Gasteiger partial charge in [0.15, 0.2) is 18.2 Å². The number of Topliss-reactive ketones (excluding diaryl/α,β-unsaturated/α-hetero) is 1. The molecule has 2 rings (SSSR count). The number of ketones is 1. The third kappa shape index (κ3) is 2.54. The summed E-state index contributed by atoms with van der Waals surface area (Å²) in [7, 11) is 1.96. The van der Waals surface area contributed by atoms with Crippen LogP contribution in [0.15, 0.2) is 54.9 Å². The highest BCUT2D eigenvalue weighted by Gasteiger charge is 2.06. The zero-order valence-corrected chi connectivity index (χ0v) is 9.26. The van der Waals surface area contributed by atoms with E-state index >= 15 is 0 Å². The second kappa shape index (κ2) is 4.71. The fourth-order valence-electron chi connectivity index (χ4n) is 1.56. The second-order valence-corrected chi connectivity index (χ2v) is 3.84. The summed E-state index contributed by atoms with van der Waals surface area (Å²) in [6.45, 7) is 0. The van der Waals surface area contributed by atoms with E-state index in [9.17, 15) is 4.79 Å². The highest BCUT2D eigenvalue weighted by atomic mass is 16.1. The molecule has 0 aliphatic rings. The van der Waals surface area contributed by atoms with E-state index in [-0.39, 0.29) is 5.78 Å². The topological polar surface area (TPSA) is 20.9 Å². The molecule has 2 nitrogen and oxygen atoms in total. The van der Waals surface area contributed by atoms with E-state index in [1.54, 1.807) is 0 Å². The van der Waals surface area contributed by atoms with Gasteiger partial charge >= 0.3 is 0 Å². The fourth-order valence-corrected chi connectivity index (χ4v) is 1.56. The summed E-state index contributed by atoms with van der Waals surface area (Å²) in [6.07, 6.45) is 4.37. The molecule has 1 heterocycles. The molecule has 16 heavy (non-hydrogen) atoms. The van der Waals surface area contributed by atoms with Crippen LogP contribution in [-0.2, 0) is 13.5 Å². The Morgan fingerprint density at radius 3 is 2.31 bits per heavy atom. The van der Waals surface area contributed by atoms with Crippen molar-refractivity contribution in [3.8, 4) is 0 Å². The number of benzene rings is 1. The van der Waals surface area contributed by atoms with Gasteiger partial charge in [0.05, 0.1) is 0 Å². The lowest BCUT2D eigenvalue weighted by Gasteiger charge is -2.00. The van der Waals surface area contributed by atoms with E-state index < -0.39 is 0 Å². The van der Waals surface area contributed by atoms with Gasteiger partial charge in [-0.3, -0.25) is 4.79 Å². The largest absolute Gasteiger partial charge is 0.294 e. The lowest BCUT2D eigenvalue weighted by molar-refractivity contribution is -0.671. The van der Waals surface area contributed by atoms with Crippen molar-refractivity contribution in [1.29, 1.82) is 0 Å². The minimum Gasteiger partial charge on any atom is -0.294 e. The van der Waals surface area contributed by atoms with Crippen LogP contribution in [0.3, 0.4) is 0 Å². The summed E-state index contributed by atoms with van der Waals surface area (Å²) < 4.78 is 1.95. The van der Waals surface area contributed by atoms with Gasteiger partial charge in [0.1, 0.15) is 7.05 Å². The maximum absolute atomic E-state index is 11.9. The minimum atomic E-state index is 0.162. The van der Waals surface area contributed by atoms with Crippen LogP contribution in [-0.4, -0.2) is 5.78 Å². The van der Waals surface area contributed by atoms with Crippen molar-refractivity contribution >= 4 is 5.78 Å². The summed E-state index contributed by atoms with van der Waals surface area (Å²) in [5.74, 6) is 0.162. The van der Waals surface area contributed by atoms with Crippen molar-refractivity contribution in [2.24, 2.45) is 7.05 Å². The van der Waals surface area contributed by atoms with Gasteiger partial charge in [0.2, 0.25) is 0 Å². The Kier molecular flexibility index (Phi) is 3.10. The van der Waals surface area contributed by atoms with Gasteiger partial charge in [-0.2, -0.15) is 0 Å². The number of rotatable bonds is 3. The first kappa shape index (κ1) is 10.6. The maximum atomic E-state index is 11.9. The number of aromatic nitrogens is 1. The molecule has 1 aromatic heterocycles. The van der Waals surface area contributed by atoms with Gasteiger partial charge in [-0.1, -0.05) is 30.3 Å². The first-order valence-electron chi connectivity index (χ1n) is 5.28. The molecular weight excluding hydrogens is 198 g/mol. The van der Waals surface area contributed by atoms with E-state index in [0.717, 1.165) is 11.1 Å². The number of aryl methyl sites for hydroxylation is 1. The molecule has 0 atom stereocenters. The van der Waals surface area contributed by atoms with Crippen LogP contribution in [0, 0.1) is 0 Å². The van der Waals surface area contributed by atoms with Crippen molar-refractivity contribution < 1.29 is 9.36 Å². The molecule has 0 saturated carbocycles. The molecule has 0 radical (unpaired) electrons. The van der Waals surface area contributed by atoms with Gasteiger partial charge in [-0.05, 0) is 5.56 Å². The van der Waals surface area contributed by atoms with E-state index in [1.165, 1.54) is 0 Å². The maximum Gasteiger partial charge on any atom is 0.168 e. The smallest absolute Gasteiger partial charge is 0.168 e. The third-order valence-electron chi connectivity index (χ3n) is 2.51. The monoisotopic (exact) mass is 212 g/mol. The van der Waals surface area contributed by atoms with Crippen LogP contribution in [0.1, 0.15) is 15.9 Å². The van der Waals surface area contributed by atoms with Crippen LogP contribution in [0.2, 0.25) is 0 Å². The van der Waals surface area contributed by atoms with Crippen molar-refractivity contribution in [1.82, 2.24) is 0 Å². The summed E-state index contributed by atoms with van der Waals surface area (Å²) in [5, 5.41) is 0. The highest BCUT2D eigenvalue weighted by Crippen LogP contribution is 2.05. The molecule has 0 spiro atoms. The number of hydrogen-bond acceptors (Lipinski definition) is 1. The molecule has 0 aliphatic heterocycles. The molecule has 0 bridgehead atoms. The molecule has 0 unspecified atom stereocenters. The van der Waals surface area contributed by atoms with Gasteiger partial charge in [-0.25, -0.2) is 4.57 Å². The van der Waals surface area contributed by atoms with Gasteiger partial charge in [0, 0.05) is 24.1 Å². The molecule has 0 amide bonds. The van der Waals surface area contributed by atoms with Crippen molar-refractivity contribution in [2.45, 2.75) is 6.42 Å². The Bertz CT molecular complexity index is 474. The normalized spacial score (nSPS) is 10.1. The molecule has 2 aromatic rings. The zero-order chi connectivity index (χ0) is 11.4. The quantitative estimate of drug-likeness (QED) is 0.562. The van der Waals surface area contributed by atoms with Crippen molar-refractivity contribution in [3.05, 3.63) is 66.0 Å². The third-order valence-corrected chi connectivity index (χ3v) is 2.51. The molecular formula is C14H14NO+. The Balaban J connectivity index is 2.11. The van der Waals surface area contributed by atoms with E-state index in [0.29, 0.717) is 6.42 Å². The predicted molar refractivity (Wildman–Crippen MR) is 62.1 cm³/mol. The zero-order valence-electron chi connectivity index (χ0n) is 9.26. The lowest BCUT2D eigenvalue weighted by atomic mass is 10.0. The Morgan fingerprint density at radius 2 is 1.69 bits per heavy atom. The van der Waals surface area contributed by atoms with Crippen molar-refractivity contribution in [2.75, 3.05) is 0 Å².